The van der Waals surface area contributed by atoms with Crippen LogP contribution in [0.1, 0.15) is 34.3 Å². The molecule has 1 saturated heterocycles. The lowest BCUT2D eigenvalue weighted by molar-refractivity contribution is 0.0495. The van der Waals surface area contributed by atoms with Crippen LogP contribution in [0, 0.1) is 11.9 Å². The number of hydrogen-bond donors (Lipinski definition) is 2. The average molecular weight is 506 g/mol. The van der Waals surface area contributed by atoms with Gasteiger partial charge in [0.1, 0.15) is 17.1 Å². The van der Waals surface area contributed by atoms with Gasteiger partial charge in [0.05, 0.1) is 6.61 Å². The largest absolute Gasteiger partial charge is 0.493 e. The molecule has 5 rings (SSSR count). The van der Waals surface area contributed by atoms with E-state index >= 15 is 4.39 Å². The summed E-state index contributed by atoms with van der Waals surface area (Å²) in [5.41, 5.74) is 10.4. The quantitative estimate of drug-likeness (QED) is 0.505. The summed E-state index contributed by atoms with van der Waals surface area (Å²) in [5, 5.41) is 2.84. The van der Waals surface area contributed by atoms with Crippen LogP contribution in [0.4, 0.5) is 10.2 Å². The molecule has 3 N–H and O–H groups in total. The van der Waals surface area contributed by atoms with Crippen molar-refractivity contribution in [2.24, 2.45) is 5.92 Å². The molecule has 3 aromatic rings. The van der Waals surface area contributed by atoms with Crippen LogP contribution < -0.4 is 15.8 Å². The Hall–Kier alpha value is -3.56. The summed E-state index contributed by atoms with van der Waals surface area (Å²) < 4.78 is 26.7. The molecular formula is C28H32FN5O3. The van der Waals surface area contributed by atoms with E-state index in [9.17, 15) is 4.79 Å². The standard InChI is InChI=1S/C28H32FN5O3/c1-34(2)15-21-14-19(4-6-23(21)37-16-17-8-11-36-12-9-17)24-26(29)33-27(30)25(32-24)20-3-5-22-18(13-20)7-10-31-28(22)35/h3-6,13-14,17H,7-12,15-16H2,1-2H3,(H2,30,33)(H,31,35). The summed E-state index contributed by atoms with van der Waals surface area (Å²) >= 11 is 0. The van der Waals surface area contributed by atoms with E-state index in [4.69, 9.17) is 15.2 Å². The first-order valence-electron chi connectivity index (χ1n) is 12.6. The number of fused-ring (bicyclic) bond motifs is 1. The van der Waals surface area contributed by atoms with Crippen molar-refractivity contribution in [1.29, 1.82) is 0 Å². The van der Waals surface area contributed by atoms with Crippen molar-refractivity contribution in [3.63, 3.8) is 0 Å². The Morgan fingerprint density at radius 2 is 1.86 bits per heavy atom. The van der Waals surface area contributed by atoms with Crippen LogP contribution in [-0.2, 0) is 17.7 Å². The number of nitrogen functional groups attached to an aromatic ring is 1. The van der Waals surface area contributed by atoms with Crippen molar-refractivity contribution in [1.82, 2.24) is 20.2 Å². The molecule has 2 aliphatic rings. The number of halogens is 1. The van der Waals surface area contributed by atoms with Gasteiger partial charge in [-0.2, -0.15) is 9.37 Å². The second-order valence-corrected chi connectivity index (χ2v) is 9.90. The molecule has 0 unspecified atom stereocenters. The van der Waals surface area contributed by atoms with Crippen molar-refractivity contribution < 1.29 is 18.7 Å². The molecule has 9 heteroatoms. The van der Waals surface area contributed by atoms with Gasteiger partial charge in [0.2, 0.25) is 5.95 Å². The molecule has 0 saturated carbocycles. The van der Waals surface area contributed by atoms with Crippen molar-refractivity contribution in [2.45, 2.75) is 25.8 Å². The highest BCUT2D eigenvalue weighted by Gasteiger charge is 2.21. The van der Waals surface area contributed by atoms with E-state index in [-0.39, 0.29) is 17.4 Å². The van der Waals surface area contributed by atoms with Gasteiger partial charge in [-0.1, -0.05) is 6.07 Å². The van der Waals surface area contributed by atoms with E-state index in [1.807, 2.05) is 43.3 Å². The molecule has 1 amide bonds. The highest BCUT2D eigenvalue weighted by atomic mass is 19.1. The summed E-state index contributed by atoms with van der Waals surface area (Å²) in [6.07, 6.45) is 2.69. The van der Waals surface area contributed by atoms with Gasteiger partial charge in [-0.15, -0.1) is 0 Å². The Labute approximate surface area is 216 Å². The van der Waals surface area contributed by atoms with Crippen LogP contribution in [0.3, 0.4) is 0 Å². The number of nitrogens with zero attached hydrogens (tertiary/aromatic N) is 3. The zero-order valence-electron chi connectivity index (χ0n) is 21.2. The van der Waals surface area contributed by atoms with Crippen LogP contribution >= 0.6 is 0 Å². The first-order chi connectivity index (χ1) is 17.9. The lowest BCUT2D eigenvalue weighted by Crippen LogP contribution is -2.31. The summed E-state index contributed by atoms with van der Waals surface area (Å²) in [7, 11) is 3.96. The van der Waals surface area contributed by atoms with Crippen LogP contribution in [0.5, 0.6) is 5.75 Å². The molecule has 0 aliphatic carbocycles. The third-order valence-corrected chi connectivity index (χ3v) is 6.82. The maximum atomic E-state index is 15.1. The van der Waals surface area contributed by atoms with Gasteiger partial charge < -0.3 is 25.4 Å². The molecule has 0 radical (unpaired) electrons. The van der Waals surface area contributed by atoms with Crippen LogP contribution in [0.25, 0.3) is 22.5 Å². The number of carbonyl (C=O) groups is 1. The monoisotopic (exact) mass is 505 g/mol. The first kappa shape index (κ1) is 25.1. The number of nitrogens with one attached hydrogen (secondary N) is 1. The summed E-state index contributed by atoms with van der Waals surface area (Å²) in [5.74, 6) is 0.420. The van der Waals surface area contributed by atoms with E-state index in [1.54, 1.807) is 12.1 Å². The molecule has 194 valence electrons. The Balaban J connectivity index is 1.47. The first-order valence-corrected chi connectivity index (χ1v) is 12.6. The van der Waals surface area contributed by atoms with Crippen LogP contribution in [0.15, 0.2) is 36.4 Å². The predicted molar refractivity (Wildman–Crippen MR) is 140 cm³/mol. The highest BCUT2D eigenvalue weighted by Crippen LogP contribution is 2.33. The molecule has 0 bridgehead atoms. The van der Waals surface area contributed by atoms with Gasteiger partial charge in [0.25, 0.3) is 5.91 Å². The molecule has 2 aliphatic heterocycles. The maximum Gasteiger partial charge on any atom is 0.251 e. The van der Waals surface area contributed by atoms with Crippen LogP contribution in [-0.4, -0.2) is 61.2 Å². The fraction of sp³-hybridized carbons (Fsp3) is 0.393. The highest BCUT2D eigenvalue weighted by molar-refractivity contribution is 5.97. The molecule has 0 atom stereocenters. The number of benzene rings is 2. The van der Waals surface area contributed by atoms with E-state index in [2.05, 4.69) is 15.3 Å². The fourth-order valence-corrected chi connectivity index (χ4v) is 4.85. The predicted octanol–water partition coefficient (Wildman–Crippen LogP) is 3.68. The van der Waals surface area contributed by atoms with Gasteiger partial charge in [-0.3, -0.25) is 4.79 Å². The third-order valence-electron chi connectivity index (χ3n) is 6.82. The van der Waals surface area contributed by atoms with E-state index in [0.717, 1.165) is 42.9 Å². The minimum atomic E-state index is -0.731. The second kappa shape index (κ2) is 10.8. The smallest absolute Gasteiger partial charge is 0.251 e. The summed E-state index contributed by atoms with van der Waals surface area (Å²) in [6.45, 7) is 3.36. The van der Waals surface area contributed by atoms with E-state index in [0.29, 0.717) is 54.4 Å². The number of nitrogens with two attached hydrogens (primary N) is 1. The van der Waals surface area contributed by atoms with Crippen molar-refractivity contribution in [2.75, 3.05) is 46.2 Å². The summed E-state index contributed by atoms with van der Waals surface area (Å²) in [4.78, 5) is 22.8. The lowest BCUT2D eigenvalue weighted by atomic mass is 9.96. The number of carbonyl (C=O) groups excluding carboxylic acids is 1. The molecule has 1 aromatic heterocycles. The van der Waals surface area contributed by atoms with Crippen molar-refractivity contribution in [3.05, 3.63) is 59.0 Å². The Morgan fingerprint density at radius 3 is 2.65 bits per heavy atom. The number of anilines is 1. The maximum absolute atomic E-state index is 15.1. The van der Waals surface area contributed by atoms with Gasteiger partial charge in [0, 0.05) is 48.6 Å². The Morgan fingerprint density at radius 1 is 1.11 bits per heavy atom. The second-order valence-electron chi connectivity index (χ2n) is 9.90. The minimum absolute atomic E-state index is 0.00592. The summed E-state index contributed by atoms with van der Waals surface area (Å²) in [6, 6.07) is 11.0. The third kappa shape index (κ3) is 5.57. The van der Waals surface area contributed by atoms with Gasteiger partial charge >= 0.3 is 0 Å². The van der Waals surface area contributed by atoms with Gasteiger partial charge in [-0.05, 0) is 75.2 Å². The van der Waals surface area contributed by atoms with Crippen molar-refractivity contribution in [3.8, 4) is 28.3 Å². The van der Waals surface area contributed by atoms with Gasteiger partial charge in [-0.25, -0.2) is 4.98 Å². The minimum Gasteiger partial charge on any atom is -0.493 e. The molecule has 37 heavy (non-hydrogen) atoms. The normalized spacial score (nSPS) is 15.9. The molecule has 3 heterocycles. The number of hydrogen-bond acceptors (Lipinski definition) is 7. The fourth-order valence-electron chi connectivity index (χ4n) is 4.85. The van der Waals surface area contributed by atoms with Crippen LogP contribution in [0.2, 0.25) is 0 Å². The zero-order chi connectivity index (χ0) is 25.9. The van der Waals surface area contributed by atoms with Crippen molar-refractivity contribution >= 4 is 11.7 Å². The number of rotatable bonds is 7. The number of aromatic nitrogens is 2. The zero-order valence-corrected chi connectivity index (χ0v) is 21.2. The van der Waals surface area contributed by atoms with E-state index in [1.165, 1.54) is 0 Å². The number of amides is 1. The average Bonchev–Trinajstić information content (AvgIpc) is 2.88. The SMILES string of the molecule is CN(C)Cc1cc(-c2nc(-c3ccc4c(c3)CCNC4=O)c(N)nc2F)ccc1OCC1CCOCC1. The molecule has 2 aromatic carbocycles. The molecule has 8 nitrogen and oxygen atoms in total. The number of ether oxygens (including phenoxy) is 2. The molecule has 0 spiro atoms. The Kier molecular flexibility index (Phi) is 7.34. The van der Waals surface area contributed by atoms with Gasteiger partial charge in [0.15, 0.2) is 5.82 Å². The molecular weight excluding hydrogens is 473 g/mol. The molecule has 1 fully saturated rings. The lowest BCUT2D eigenvalue weighted by Gasteiger charge is -2.23. The van der Waals surface area contributed by atoms with E-state index < -0.39 is 5.95 Å². The Bertz CT molecular complexity index is 1310. The topological polar surface area (TPSA) is 103 Å².